The van der Waals surface area contributed by atoms with E-state index in [2.05, 4.69) is 27.7 Å². The first-order chi connectivity index (χ1) is 3.68. The van der Waals surface area contributed by atoms with Crippen LogP contribution in [-0.4, -0.2) is 7.28 Å². The van der Waals surface area contributed by atoms with Crippen LogP contribution >= 0.6 is 0 Å². The molecule has 0 amide bonds. The van der Waals surface area contributed by atoms with Crippen molar-refractivity contribution in [3.8, 4) is 0 Å². The molecule has 0 aliphatic rings. The van der Waals surface area contributed by atoms with Crippen LogP contribution in [-0.2, 0) is 0 Å². The Balaban J connectivity index is 3.17. The maximum atomic E-state index is 2.33. The van der Waals surface area contributed by atoms with Crippen LogP contribution in [0.25, 0.3) is 0 Å². The topological polar surface area (TPSA) is 0 Å². The molecule has 8 heavy (non-hydrogen) atoms. The molecule has 0 spiro atoms. The average molecular weight is 112 g/mol. The summed E-state index contributed by atoms with van der Waals surface area (Å²) < 4.78 is 0. The van der Waals surface area contributed by atoms with Crippen LogP contribution in [0.3, 0.4) is 0 Å². The van der Waals surface area contributed by atoms with Gasteiger partial charge in [0.1, 0.15) is 7.28 Å². The van der Waals surface area contributed by atoms with E-state index >= 15 is 0 Å². The Morgan fingerprint density at radius 2 is 1.75 bits per heavy atom. The third kappa shape index (κ3) is 3.12. The second kappa shape index (κ2) is 4.00. The van der Waals surface area contributed by atoms with Gasteiger partial charge in [0.15, 0.2) is 0 Å². The Kier molecular flexibility index (Phi) is 4.03. The molecular formula is C7H17B. The minimum absolute atomic E-state index is 0.870. The lowest BCUT2D eigenvalue weighted by Crippen LogP contribution is -2.04. The van der Waals surface area contributed by atoms with Crippen LogP contribution < -0.4 is 0 Å². The van der Waals surface area contributed by atoms with Crippen molar-refractivity contribution in [3.63, 3.8) is 0 Å². The Hall–Kier alpha value is 0.0649. The van der Waals surface area contributed by atoms with Crippen molar-refractivity contribution >= 4 is 7.28 Å². The monoisotopic (exact) mass is 112 g/mol. The smallest absolute Gasteiger partial charge is 0.0800 e. The van der Waals surface area contributed by atoms with Gasteiger partial charge in [-0.15, -0.1) is 0 Å². The zero-order valence-electron chi connectivity index (χ0n) is 6.57. The highest BCUT2D eigenvalue weighted by molar-refractivity contribution is 6.37. The zero-order valence-corrected chi connectivity index (χ0v) is 6.57. The fraction of sp³-hybridized carbons (Fsp3) is 1.00. The van der Waals surface area contributed by atoms with Gasteiger partial charge in [0.2, 0.25) is 0 Å². The molecule has 0 heterocycles. The summed E-state index contributed by atoms with van der Waals surface area (Å²) in [4.78, 5) is 0. The molecular weight excluding hydrogens is 94.9 g/mol. The predicted octanol–water partition coefficient (Wildman–Crippen LogP) is 2.33. The van der Waals surface area contributed by atoms with Gasteiger partial charge in [0.05, 0.1) is 0 Å². The maximum Gasteiger partial charge on any atom is 0.123 e. The summed E-state index contributed by atoms with van der Waals surface area (Å²) in [5.74, 6) is 1.79. The SMILES string of the molecule is CCB[C@H](C)C(C)C. The van der Waals surface area contributed by atoms with Crippen molar-refractivity contribution in [2.24, 2.45) is 5.92 Å². The summed E-state index contributed by atoms with van der Waals surface area (Å²) in [5.41, 5.74) is 0. The number of hydrogen-bond donors (Lipinski definition) is 0. The maximum absolute atomic E-state index is 2.33. The largest absolute Gasteiger partial charge is 0.123 e. The van der Waals surface area contributed by atoms with E-state index in [0.29, 0.717) is 0 Å². The van der Waals surface area contributed by atoms with Gasteiger partial charge in [-0.3, -0.25) is 0 Å². The molecule has 0 fully saturated rings. The van der Waals surface area contributed by atoms with Crippen LogP contribution in [0.15, 0.2) is 0 Å². The summed E-state index contributed by atoms with van der Waals surface area (Å²) in [6, 6.07) is 0. The second-order valence-corrected chi connectivity index (χ2v) is 3.01. The molecule has 0 saturated heterocycles. The van der Waals surface area contributed by atoms with Crippen molar-refractivity contribution < 1.29 is 0 Å². The van der Waals surface area contributed by atoms with Crippen molar-refractivity contribution in [1.29, 1.82) is 0 Å². The molecule has 48 valence electrons. The van der Waals surface area contributed by atoms with Crippen molar-refractivity contribution in [2.75, 3.05) is 0 Å². The lowest BCUT2D eigenvalue weighted by Gasteiger charge is -2.11. The highest BCUT2D eigenvalue weighted by Crippen LogP contribution is 2.15. The van der Waals surface area contributed by atoms with Crippen molar-refractivity contribution in [2.45, 2.75) is 39.8 Å². The first-order valence-electron chi connectivity index (χ1n) is 3.68. The fourth-order valence-corrected chi connectivity index (χ4v) is 0.789. The molecule has 0 unspecified atom stereocenters. The van der Waals surface area contributed by atoms with E-state index in [9.17, 15) is 0 Å². The van der Waals surface area contributed by atoms with E-state index in [-0.39, 0.29) is 0 Å². The summed E-state index contributed by atoms with van der Waals surface area (Å²) >= 11 is 0. The highest BCUT2D eigenvalue weighted by atomic mass is 14.0. The molecule has 0 nitrogen and oxygen atoms in total. The minimum Gasteiger partial charge on any atom is -0.0800 e. The number of hydrogen-bond acceptors (Lipinski definition) is 0. The van der Waals surface area contributed by atoms with Gasteiger partial charge in [0, 0.05) is 0 Å². The van der Waals surface area contributed by atoms with Crippen LogP contribution in [0.5, 0.6) is 0 Å². The molecule has 0 N–H and O–H groups in total. The average Bonchev–Trinajstić information content (AvgIpc) is 1.67. The standard InChI is InChI=1S/C7H17B/c1-5-8-7(4)6(2)3/h6-8H,5H2,1-4H3/t7-/m1/s1. The normalized spacial score (nSPS) is 14.1. The van der Waals surface area contributed by atoms with Gasteiger partial charge in [-0.25, -0.2) is 0 Å². The van der Waals surface area contributed by atoms with Crippen LogP contribution in [0, 0.1) is 5.92 Å². The van der Waals surface area contributed by atoms with Gasteiger partial charge in [0.25, 0.3) is 0 Å². The molecule has 0 radical (unpaired) electrons. The molecule has 0 aliphatic heterocycles. The Morgan fingerprint density at radius 3 is 1.88 bits per heavy atom. The van der Waals surface area contributed by atoms with E-state index in [1.165, 1.54) is 13.6 Å². The lowest BCUT2D eigenvalue weighted by atomic mass is 9.59. The second-order valence-electron chi connectivity index (χ2n) is 3.01. The first-order valence-corrected chi connectivity index (χ1v) is 3.68. The van der Waals surface area contributed by atoms with E-state index in [0.717, 1.165) is 11.7 Å². The summed E-state index contributed by atoms with van der Waals surface area (Å²) in [6.07, 6.45) is 1.33. The summed E-state index contributed by atoms with van der Waals surface area (Å²) in [5, 5.41) is 0. The molecule has 0 aromatic heterocycles. The lowest BCUT2D eigenvalue weighted by molar-refractivity contribution is 0.618. The van der Waals surface area contributed by atoms with Crippen molar-refractivity contribution in [1.82, 2.24) is 0 Å². The quantitative estimate of drug-likeness (QED) is 0.491. The molecule has 0 saturated carbocycles. The third-order valence-corrected chi connectivity index (χ3v) is 1.88. The van der Waals surface area contributed by atoms with E-state index in [1.807, 2.05) is 0 Å². The minimum atomic E-state index is 0.870. The highest BCUT2D eigenvalue weighted by Gasteiger charge is 2.05. The molecule has 1 heteroatoms. The molecule has 0 bridgehead atoms. The Labute approximate surface area is 53.9 Å². The van der Waals surface area contributed by atoms with Gasteiger partial charge >= 0.3 is 0 Å². The van der Waals surface area contributed by atoms with Gasteiger partial charge in [-0.1, -0.05) is 45.8 Å². The first kappa shape index (κ1) is 8.06. The molecule has 0 aromatic carbocycles. The van der Waals surface area contributed by atoms with Gasteiger partial charge in [-0.2, -0.15) is 0 Å². The third-order valence-electron chi connectivity index (χ3n) is 1.88. The summed E-state index contributed by atoms with van der Waals surface area (Å²) in [6.45, 7) is 9.16. The Bertz CT molecular complexity index is 50.3. The fourth-order valence-electron chi connectivity index (χ4n) is 0.789. The zero-order chi connectivity index (χ0) is 6.57. The van der Waals surface area contributed by atoms with E-state index < -0.39 is 0 Å². The molecule has 0 aromatic rings. The van der Waals surface area contributed by atoms with E-state index in [1.54, 1.807) is 0 Å². The molecule has 0 rings (SSSR count). The summed E-state index contributed by atoms with van der Waals surface area (Å²) in [7, 11) is 1.39. The van der Waals surface area contributed by atoms with Crippen LogP contribution in [0.1, 0.15) is 27.7 Å². The van der Waals surface area contributed by atoms with Gasteiger partial charge < -0.3 is 0 Å². The number of rotatable bonds is 3. The predicted molar refractivity (Wildman–Crippen MR) is 41.9 cm³/mol. The Morgan fingerprint density at radius 1 is 1.25 bits per heavy atom. The van der Waals surface area contributed by atoms with Crippen LogP contribution in [0.2, 0.25) is 12.1 Å². The molecule has 1 atom stereocenters. The van der Waals surface area contributed by atoms with Gasteiger partial charge in [-0.05, 0) is 0 Å². The van der Waals surface area contributed by atoms with Crippen molar-refractivity contribution in [3.05, 3.63) is 0 Å². The molecule has 0 aliphatic carbocycles. The van der Waals surface area contributed by atoms with Crippen LogP contribution in [0.4, 0.5) is 0 Å². The van der Waals surface area contributed by atoms with E-state index in [4.69, 9.17) is 0 Å².